The van der Waals surface area contributed by atoms with Gasteiger partial charge in [-0.2, -0.15) is 13.2 Å². The summed E-state index contributed by atoms with van der Waals surface area (Å²) in [6.45, 7) is 4.59. The second-order valence-corrected chi connectivity index (χ2v) is 10.2. The molecule has 192 valence electrons. The number of hydrogen-bond acceptors (Lipinski definition) is 4. The number of alkyl halides is 3. The molecule has 2 aromatic rings. The van der Waals surface area contributed by atoms with E-state index in [0.29, 0.717) is 11.3 Å². The maximum Gasteiger partial charge on any atom is 0.433 e. The molecule has 1 aromatic carbocycles. The Labute approximate surface area is 209 Å². The largest absolute Gasteiger partial charge is 0.487 e. The van der Waals surface area contributed by atoms with Crippen LogP contribution >= 0.6 is 0 Å². The number of nitrogens with zero attached hydrogens (tertiary/aromatic N) is 2. The summed E-state index contributed by atoms with van der Waals surface area (Å²) in [4.78, 5) is 18.0. The van der Waals surface area contributed by atoms with E-state index in [9.17, 15) is 18.0 Å². The predicted octanol–water partition coefficient (Wildman–Crippen LogP) is 5.34. The van der Waals surface area contributed by atoms with Gasteiger partial charge in [-0.25, -0.2) is 4.98 Å². The molecular formula is C28H32F3N3O2. The van der Waals surface area contributed by atoms with Crippen LogP contribution in [0.1, 0.15) is 66.6 Å². The number of fused-ring (bicyclic) bond motifs is 1. The number of halogens is 3. The molecule has 0 spiro atoms. The number of carbonyl (C=O) groups is 1. The van der Waals surface area contributed by atoms with Gasteiger partial charge >= 0.3 is 6.18 Å². The van der Waals surface area contributed by atoms with E-state index >= 15 is 0 Å². The number of likely N-dealkylation sites (tertiary alicyclic amines) is 1. The normalized spacial score (nSPS) is 18.9. The van der Waals surface area contributed by atoms with E-state index in [-0.39, 0.29) is 30.0 Å². The Morgan fingerprint density at radius 1 is 1.17 bits per heavy atom. The molecule has 2 aliphatic carbocycles. The lowest BCUT2D eigenvalue weighted by Gasteiger charge is -2.39. The Morgan fingerprint density at radius 2 is 1.94 bits per heavy atom. The van der Waals surface area contributed by atoms with Gasteiger partial charge in [-0.3, -0.25) is 9.69 Å². The number of hydrogen-bond donors (Lipinski definition) is 1. The number of pyridine rings is 1. The molecule has 8 heteroatoms. The van der Waals surface area contributed by atoms with Crippen molar-refractivity contribution in [3.05, 3.63) is 64.0 Å². The third-order valence-electron chi connectivity index (χ3n) is 7.88. The molecule has 1 amide bonds. The molecule has 1 N–H and O–H groups in total. The Morgan fingerprint density at radius 3 is 2.61 bits per heavy atom. The zero-order chi connectivity index (χ0) is 25.4. The van der Waals surface area contributed by atoms with Gasteiger partial charge in [0.1, 0.15) is 18.1 Å². The summed E-state index contributed by atoms with van der Waals surface area (Å²) in [5.74, 6) is 0.795. The topological polar surface area (TPSA) is 54.5 Å². The predicted molar refractivity (Wildman–Crippen MR) is 132 cm³/mol. The molecule has 3 aliphatic rings. The number of carbonyl (C=O) groups excluding carboxylic acids is 1. The Bertz CT molecular complexity index is 1180. The second kappa shape index (κ2) is 9.88. The van der Waals surface area contributed by atoms with E-state index in [0.717, 1.165) is 51.7 Å². The van der Waals surface area contributed by atoms with Crippen molar-refractivity contribution in [2.75, 3.05) is 26.7 Å². The molecule has 0 bridgehead atoms. The molecular weight excluding hydrogens is 467 g/mol. The number of amides is 1. The van der Waals surface area contributed by atoms with E-state index in [2.05, 4.69) is 22.1 Å². The average Bonchev–Trinajstić information content (AvgIpc) is 2.79. The number of allylic oxidation sites excluding steroid dienone is 1. The Kier molecular flexibility index (Phi) is 6.81. The van der Waals surface area contributed by atoms with Crippen molar-refractivity contribution in [3.8, 4) is 5.75 Å². The maximum atomic E-state index is 13.6. The van der Waals surface area contributed by atoms with Gasteiger partial charge in [-0.05, 0) is 79.0 Å². The summed E-state index contributed by atoms with van der Waals surface area (Å²) in [5.41, 5.74) is 4.85. The second-order valence-electron chi connectivity index (χ2n) is 10.2. The van der Waals surface area contributed by atoms with Crippen molar-refractivity contribution in [2.24, 2.45) is 5.92 Å². The van der Waals surface area contributed by atoms with E-state index < -0.39 is 11.9 Å². The molecule has 2 heterocycles. The van der Waals surface area contributed by atoms with E-state index in [4.69, 9.17) is 4.74 Å². The lowest BCUT2D eigenvalue weighted by molar-refractivity contribution is -0.142. The molecule has 0 unspecified atom stereocenters. The van der Waals surface area contributed by atoms with Crippen molar-refractivity contribution >= 4 is 11.5 Å². The molecule has 5 nitrogen and oxygen atoms in total. The summed E-state index contributed by atoms with van der Waals surface area (Å²) in [5, 5.41) is 2.72. The van der Waals surface area contributed by atoms with Crippen LogP contribution in [-0.4, -0.2) is 42.5 Å². The van der Waals surface area contributed by atoms with Crippen LogP contribution in [0.25, 0.3) is 5.57 Å². The number of ether oxygens (including phenoxy) is 1. The van der Waals surface area contributed by atoms with Gasteiger partial charge in [-0.1, -0.05) is 24.1 Å². The number of benzene rings is 1. The zero-order valence-electron chi connectivity index (χ0n) is 20.8. The van der Waals surface area contributed by atoms with Crippen molar-refractivity contribution < 1.29 is 22.7 Å². The molecule has 0 radical (unpaired) electrons. The first kappa shape index (κ1) is 24.8. The zero-order valence-corrected chi connectivity index (χ0v) is 20.8. The molecule has 2 fully saturated rings. The van der Waals surface area contributed by atoms with Gasteiger partial charge < -0.3 is 10.1 Å². The quantitative estimate of drug-likeness (QED) is 0.559. The summed E-state index contributed by atoms with van der Waals surface area (Å²) in [7, 11) is 1.68. The van der Waals surface area contributed by atoms with E-state index in [1.165, 1.54) is 22.3 Å². The fraction of sp³-hybridized carbons (Fsp3) is 0.500. The minimum absolute atomic E-state index is 0.00561. The lowest BCUT2D eigenvalue weighted by Crippen LogP contribution is -2.53. The van der Waals surface area contributed by atoms with E-state index in [1.807, 2.05) is 18.2 Å². The highest BCUT2D eigenvalue weighted by Gasteiger charge is 2.38. The van der Waals surface area contributed by atoms with Crippen LogP contribution in [0, 0.1) is 5.92 Å². The fourth-order valence-electron chi connectivity index (χ4n) is 5.46. The van der Waals surface area contributed by atoms with Crippen LogP contribution in [0.2, 0.25) is 0 Å². The summed E-state index contributed by atoms with van der Waals surface area (Å²) < 4.78 is 46.7. The third kappa shape index (κ3) is 5.01. The van der Waals surface area contributed by atoms with Gasteiger partial charge in [-0.15, -0.1) is 0 Å². The minimum Gasteiger partial charge on any atom is -0.487 e. The number of rotatable bonds is 7. The van der Waals surface area contributed by atoms with Crippen LogP contribution in [0.15, 0.2) is 35.9 Å². The molecule has 1 aliphatic heterocycles. The minimum atomic E-state index is -4.46. The van der Waals surface area contributed by atoms with Gasteiger partial charge in [0, 0.05) is 26.7 Å². The summed E-state index contributed by atoms with van der Waals surface area (Å²) in [6, 6.07) is 9.15. The van der Waals surface area contributed by atoms with E-state index in [1.54, 1.807) is 19.2 Å². The SMILES string of the molecule is CNC(=O)C1CN(CC2=C(C)c3ccc(OCc4ccc(C5CCC5)c(C(F)(F)F)n4)cc3CC2)C1. The third-order valence-corrected chi connectivity index (χ3v) is 7.88. The van der Waals surface area contributed by atoms with Gasteiger partial charge in [0.25, 0.3) is 0 Å². The number of nitrogens with one attached hydrogen (secondary N) is 1. The van der Waals surface area contributed by atoms with Crippen molar-refractivity contribution in [1.29, 1.82) is 0 Å². The number of aromatic nitrogens is 1. The van der Waals surface area contributed by atoms with Gasteiger partial charge in [0.15, 0.2) is 0 Å². The molecule has 1 saturated heterocycles. The van der Waals surface area contributed by atoms with Gasteiger partial charge in [0.05, 0.1) is 11.6 Å². The molecule has 36 heavy (non-hydrogen) atoms. The van der Waals surface area contributed by atoms with Crippen molar-refractivity contribution in [2.45, 2.75) is 57.7 Å². The molecule has 1 aromatic heterocycles. The summed E-state index contributed by atoms with van der Waals surface area (Å²) in [6.07, 6.45) is -0.0772. The Hall–Kier alpha value is -2.87. The molecule has 1 saturated carbocycles. The lowest BCUT2D eigenvalue weighted by atomic mass is 9.79. The van der Waals surface area contributed by atoms with Crippen LogP contribution in [-0.2, 0) is 24.0 Å². The van der Waals surface area contributed by atoms with Crippen LogP contribution in [0.5, 0.6) is 5.75 Å². The summed E-state index contributed by atoms with van der Waals surface area (Å²) >= 11 is 0. The van der Waals surface area contributed by atoms with Crippen molar-refractivity contribution in [3.63, 3.8) is 0 Å². The highest BCUT2D eigenvalue weighted by molar-refractivity contribution is 5.79. The first-order valence-electron chi connectivity index (χ1n) is 12.7. The highest BCUT2D eigenvalue weighted by Crippen LogP contribution is 2.42. The molecule has 0 atom stereocenters. The van der Waals surface area contributed by atoms with Crippen LogP contribution in [0.3, 0.4) is 0 Å². The van der Waals surface area contributed by atoms with Crippen molar-refractivity contribution in [1.82, 2.24) is 15.2 Å². The first-order chi connectivity index (χ1) is 17.2. The van der Waals surface area contributed by atoms with Crippen LogP contribution < -0.4 is 10.1 Å². The maximum absolute atomic E-state index is 13.6. The number of aryl methyl sites for hydroxylation is 1. The first-order valence-corrected chi connectivity index (χ1v) is 12.7. The fourth-order valence-corrected chi connectivity index (χ4v) is 5.46. The average molecular weight is 500 g/mol. The Balaban J connectivity index is 1.24. The molecule has 5 rings (SSSR count). The standard InChI is InChI=1S/C28H32F3N3O2/c1-17-20(13-34-14-21(15-34)27(35)32-2)7-6-19-12-23(9-11-24(17)19)36-16-22-8-10-25(18-4-3-5-18)26(33-22)28(29,30)31/h8-12,18,21H,3-7,13-16H2,1-2H3,(H,32,35). The van der Waals surface area contributed by atoms with Gasteiger partial charge in [0.2, 0.25) is 5.91 Å². The smallest absolute Gasteiger partial charge is 0.433 e. The monoisotopic (exact) mass is 499 g/mol. The highest BCUT2D eigenvalue weighted by atomic mass is 19.4. The van der Waals surface area contributed by atoms with Crippen LogP contribution in [0.4, 0.5) is 13.2 Å².